The first-order valence-electron chi connectivity index (χ1n) is 10.6. The van der Waals surface area contributed by atoms with Crippen LogP contribution < -0.4 is 26.0 Å². The number of aryl methyl sites for hydroxylation is 1. The molecule has 0 radical (unpaired) electrons. The molecule has 10 heteroatoms. The van der Waals surface area contributed by atoms with E-state index in [9.17, 15) is 4.79 Å². The van der Waals surface area contributed by atoms with Gasteiger partial charge in [-0.05, 0) is 18.2 Å². The highest BCUT2D eigenvalue weighted by Gasteiger charge is 2.18. The molecule has 4 aromatic rings. The third-order valence-corrected chi connectivity index (χ3v) is 6.62. The van der Waals surface area contributed by atoms with E-state index in [1.807, 2.05) is 29.6 Å². The third-order valence-electron chi connectivity index (χ3n) is 5.80. The van der Waals surface area contributed by atoms with Gasteiger partial charge in [0.05, 0.1) is 47.1 Å². The molecular weight excluding hydrogens is 438 g/mol. The van der Waals surface area contributed by atoms with Crippen LogP contribution >= 0.6 is 11.3 Å². The van der Waals surface area contributed by atoms with Crippen LogP contribution in [0.25, 0.3) is 21.9 Å². The average Bonchev–Trinajstić information content (AvgIpc) is 3.43. The molecule has 1 aromatic carbocycles. The predicted octanol–water partition coefficient (Wildman–Crippen LogP) is 2.68. The maximum absolute atomic E-state index is 13.0. The lowest BCUT2D eigenvalue weighted by Crippen LogP contribution is -2.43. The van der Waals surface area contributed by atoms with E-state index in [4.69, 9.17) is 9.72 Å². The molecular formula is C23H25N7O2S. The standard InChI is InChI=1S/C23H25N7O2S/c1-15(26-17-13-25-7-6-19(17)29-10-8-24-9-11-29)18-14-33-22(27-18)30-21-12-16(32-3)4-5-20(21)28(2)23(30)31/h4-7,12-14,24,26H,1,8-11H2,2-3H3. The minimum atomic E-state index is -0.161. The van der Waals surface area contributed by atoms with Crippen LogP contribution in [0.3, 0.4) is 0 Å². The van der Waals surface area contributed by atoms with E-state index in [2.05, 4.69) is 27.1 Å². The molecule has 0 bridgehead atoms. The third kappa shape index (κ3) is 3.87. The first kappa shape index (κ1) is 21.2. The number of hydrogen-bond acceptors (Lipinski definition) is 8. The fraction of sp³-hybridized carbons (Fsp3) is 0.261. The second-order valence-electron chi connectivity index (χ2n) is 7.78. The van der Waals surface area contributed by atoms with Crippen LogP contribution in [0.2, 0.25) is 0 Å². The van der Waals surface area contributed by atoms with E-state index in [1.54, 1.807) is 35.7 Å². The number of nitrogens with one attached hydrogen (secondary N) is 2. The van der Waals surface area contributed by atoms with Gasteiger partial charge in [-0.2, -0.15) is 0 Å². The van der Waals surface area contributed by atoms with Crippen molar-refractivity contribution in [3.05, 3.63) is 64.8 Å². The van der Waals surface area contributed by atoms with Gasteiger partial charge in [0, 0.05) is 50.9 Å². The fourth-order valence-electron chi connectivity index (χ4n) is 4.03. The second-order valence-corrected chi connectivity index (χ2v) is 8.62. The summed E-state index contributed by atoms with van der Waals surface area (Å²) in [5.41, 5.74) is 4.68. The molecule has 0 aliphatic carbocycles. The number of fused-ring (bicyclic) bond motifs is 1. The van der Waals surface area contributed by atoms with Gasteiger partial charge in [-0.3, -0.25) is 9.55 Å². The molecule has 0 atom stereocenters. The number of imidazole rings is 1. The maximum atomic E-state index is 13.0. The van der Waals surface area contributed by atoms with E-state index in [0.29, 0.717) is 22.3 Å². The van der Waals surface area contributed by atoms with Crippen molar-refractivity contribution in [1.29, 1.82) is 0 Å². The number of anilines is 2. The number of benzene rings is 1. The Morgan fingerprint density at radius 1 is 1.24 bits per heavy atom. The molecule has 1 aliphatic heterocycles. The first-order valence-corrected chi connectivity index (χ1v) is 11.5. The van der Waals surface area contributed by atoms with Crippen LogP contribution in [-0.4, -0.2) is 52.4 Å². The molecule has 1 aliphatic rings. The number of nitrogens with zero attached hydrogens (tertiary/aromatic N) is 5. The average molecular weight is 464 g/mol. The van der Waals surface area contributed by atoms with Crippen LogP contribution in [0.15, 0.2) is 53.4 Å². The number of ether oxygens (including phenoxy) is 1. The molecule has 5 rings (SSSR count). The molecule has 9 nitrogen and oxygen atoms in total. The Hall–Kier alpha value is -3.63. The van der Waals surface area contributed by atoms with E-state index < -0.39 is 0 Å². The molecule has 2 N–H and O–H groups in total. The van der Waals surface area contributed by atoms with Crippen molar-refractivity contribution in [2.24, 2.45) is 7.05 Å². The number of rotatable bonds is 6. The van der Waals surface area contributed by atoms with Crippen molar-refractivity contribution >= 4 is 39.4 Å². The van der Waals surface area contributed by atoms with Crippen molar-refractivity contribution in [3.63, 3.8) is 0 Å². The molecule has 0 amide bonds. The Morgan fingerprint density at radius 2 is 2.06 bits per heavy atom. The van der Waals surface area contributed by atoms with E-state index in [0.717, 1.165) is 48.6 Å². The van der Waals surface area contributed by atoms with E-state index in [-0.39, 0.29) is 5.69 Å². The minimum Gasteiger partial charge on any atom is -0.497 e. The zero-order chi connectivity index (χ0) is 22.9. The molecule has 1 saturated heterocycles. The van der Waals surface area contributed by atoms with Gasteiger partial charge < -0.3 is 20.3 Å². The van der Waals surface area contributed by atoms with Gasteiger partial charge in [0.1, 0.15) is 5.75 Å². The van der Waals surface area contributed by atoms with Crippen LogP contribution in [0.4, 0.5) is 11.4 Å². The minimum absolute atomic E-state index is 0.161. The number of pyridine rings is 1. The molecule has 4 heterocycles. The zero-order valence-electron chi connectivity index (χ0n) is 18.5. The summed E-state index contributed by atoms with van der Waals surface area (Å²) in [6, 6.07) is 7.58. The van der Waals surface area contributed by atoms with Gasteiger partial charge >= 0.3 is 5.69 Å². The summed E-state index contributed by atoms with van der Waals surface area (Å²) in [7, 11) is 3.36. The summed E-state index contributed by atoms with van der Waals surface area (Å²) < 4.78 is 8.57. The van der Waals surface area contributed by atoms with Gasteiger partial charge in [0.25, 0.3) is 0 Å². The Kier molecular flexibility index (Phi) is 5.61. The van der Waals surface area contributed by atoms with Gasteiger partial charge in [-0.1, -0.05) is 6.58 Å². The summed E-state index contributed by atoms with van der Waals surface area (Å²) >= 11 is 1.39. The summed E-state index contributed by atoms with van der Waals surface area (Å²) in [6.07, 6.45) is 3.60. The highest BCUT2D eigenvalue weighted by atomic mass is 32.1. The van der Waals surface area contributed by atoms with Gasteiger partial charge in [-0.25, -0.2) is 14.3 Å². The fourth-order valence-corrected chi connectivity index (χ4v) is 4.88. The lowest BCUT2D eigenvalue weighted by atomic mass is 10.2. The highest BCUT2D eigenvalue weighted by molar-refractivity contribution is 7.12. The number of thiazole rings is 1. The number of methoxy groups -OCH3 is 1. The Bertz CT molecular complexity index is 1380. The quantitative estimate of drug-likeness (QED) is 0.454. The normalized spacial score (nSPS) is 13.9. The van der Waals surface area contributed by atoms with Gasteiger partial charge in [0.15, 0.2) is 5.13 Å². The molecule has 0 unspecified atom stereocenters. The first-order chi connectivity index (χ1) is 16.1. The van der Waals surface area contributed by atoms with Crippen LogP contribution in [0.1, 0.15) is 5.69 Å². The number of aromatic nitrogens is 4. The lowest BCUT2D eigenvalue weighted by Gasteiger charge is -2.31. The summed E-state index contributed by atoms with van der Waals surface area (Å²) in [5.74, 6) is 0.682. The lowest BCUT2D eigenvalue weighted by molar-refractivity contribution is 0.415. The molecule has 0 saturated carbocycles. The molecule has 33 heavy (non-hydrogen) atoms. The molecule has 170 valence electrons. The zero-order valence-corrected chi connectivity index (χ0v) is 19.4. The predicted molar refractivity (Wildman–Crippen MR) is 133 cm³/mol. The highest BCUT2D eigenvalue weighted by Crippen LogP contribution is 2.29. The summed E-state index contributed by atoms with van der Waals surface area (Å²) in [5, 5.41) is 9.22. The topological polar surface area (TPSA) is 89.2 Å². The molecule has 3 aromatic heterocycles. The molecule has 1 fully saturated rings. The maximum Gasteiger partial charge on any atom is 0.335 e. The van der Waals surface area contributed by atoms with Crippen molar-refractivity contribution in [2.45, 2.75) is 0 Å². The van der Waals surface area contributed by atoms with Crippen LogP contribution in [-0.2, 0) is 7.05 Å². The van der Waals surface area contributed by atoms with Crippen molar-refractivity contribution < 1.29 is 4.74 Å². The van der Waals surface area contributed by atoms with E-state index >= 15 is 0 Å². The number of hydrogen-bond donors (Lipinski definition) is 2. The second kappa shape index (κ2) is 8.72. The summed E-state index contributed by atoms with van der Waals surface area (Å²) in [6.45, 7) is 7.95. The SMILES string of the molecule is C=C(Nc1cnccc1N1CCNCC1)c1csc(-n2c(=O)n(C)c3ccc(OC)cc32)n1. The Balaban J connectivity index is 1.45. The largest absolute Gasteiger partial charge is 0.497 e. The van der Waals surface area contributed by atoms with Crippen molar-refractivity contribution in [3.8, 4) is 10.9 Å². The number of piperazine rings is 1. The Labute approximate surface area is 195 Å². The Morgan fingerprint density at radius 3 is 2.85 bits per heavy atom. The smallest absolute Gasteiger partial charge is 0.335 e. The van der Waals surface area contributed by atoms with Gasteiger partial charge in [0.2, 0.25) is 0 Å². The van der Waals surface area contributed by atoms with E-state index in [1.165, 1.54) is 11.3 Å². The van der Waals surface area contributed by atoms with Gasteiger partial charge in [-0.15, -0.1) is 11.3 Å². The van der Waals surface area contributed by atoms with Crippen molar-refractivity contribution in [1.82, 2.24) is 24.4 Å². The van der Waals surface area contributed by atoms with Crippen LogP contribution in [0, 0.1) is 0 Å². The monoisotopic (exact) mass is 463 g/mol. The van der Waals surface area contributed by atoms with Crippen molar-refractivity contribution in [2.75, 3.05) is 43.5 Å². The molecule has 0 spiro atoms. The summed E-state index contributed by atoms with van der Waals surface area (Å²) in [4.78, 5) is 24.3. The van der Waals surface area contributed by atoms with Crippen LogP contribution in [0.5, 0.6) is 5.75 Å².